The number of anilines is 1. The fourth-order valence-electron chi connectivity index (χ4n) is 2.09. The molecule has 0 aromatic carbocycles. The molecule has 0 atom stereocenters. The number of rotatable bonds is 7. The first-order chi connectivity index (χ1) is 10.1. The van der Waals surface area contributed by atoms with Gasteiger partial charge in [0.2, 0.25) is 0 Å². The Morgan fingerprint density at radius 2 is 2.19 bits per heavy atom. The van der Waals surface area contributed by atoms with Gasteiger partial charge in [-0.1, -0.05) is 18.5 Å². The van der Waals surface area contributed by atoms with Gasteiger partial charge in [0.15, 0.2) is 0 Å². The molecule has 0 radical (unpaired) electrons. The van der Waals surface area contributed by atoms with Crippen molar-refractivity contribution in [1.82, 2.24) is 19.9 Å². The molecule has 2 aromatic rings. The largest absolute Gasteiger partial charge is 0.351 e. The van der Waals surface area contributed by atoms with Gasteiger partial charge in [-0.3, -0.25) is 0 Å². The van der Waals surface area contributed by atoms with E-state index in [2.05, 4.69) is 22.2 Å². The van der Waals surface area contributed by atoms with Crippen LogP contribution in [-0.4, -0.2) is 28.1 Å². The summed E-state index contributed by atoms with van der Waals surface area (Å²) in [5.74, 6) is 1.75. The zero-order valence-corrected chi connectivity index (χ0v) is 13.6. The van der Waals surface area contributed by atoms with Crippen molar-refractivity contribution in [2.24, 2.45) is 7.05 Å². The Kier molecular flexibility index (Phi) is 5.59. The number of nitrogens with one attached hydrogen (secondary N) is 1. The average Bonchev–Trinajstić information content (AvgIpc) is 2.84. The summed E-state index contributed by atoms with van der Waals surface area (Å²) in [6, 6.07) is 1.97. The van der Waals surface area contributed by atoms with Gasteiger partial charge in [0.1, 0.15) is 11.6 Å². The second-order valence-electron chi connectivity index (χ2n) is 5.14. The van der Waals surface area contributed by atoms with Crippen LogP contribution in [0, 0.1) is 0 Å². The zero-order chi connectivity index (χ0) is 15.2. The van der Waals surface area contributed by atoms with Crippen LogP contribution in [0.2, 0.25) is 5.02 Å². The SMILES string of the molecule is CCCNCc1cnc(N(C)Cc2nccn2C)c(Cl)c1. The molecule has 0 aliphatic carbocycles. The molecule has 2 heterocycles. The van der Waals surface area contributed by atoms with Crippen molar-refractivity contribution in [2.75, 3.05) is 18.5 Å². The summed E-state index contributed by atoms with van der Waals surface area (Å²) in [4.78, 5) is 10.8. The summed E-state index contributed by atoms with van der Waals surface area (Å²) in [7, 11) is 3.95. The van der Waals surface area contributed by atoms with Crippen molar-refractivity contribution in [2.45, 2.75) is 26.4 Å². The number of halogens is 1. The Hall–Kier alpha value is -1.59. The third kappa shape index (κ3) is 4.19. The molecule has 0 amide bonds. The number of nitrogens with zero attached hydrogens (tertiary/aromatic N) is 4. The molecule has 114 valence electrons. The molecule has 21 heavy (non-hydrogen) atoms. The van der Waals surface area contributed by atoms with Crippen LogP contribution in [-0.2, 0) is 20.1 Å². The first-order valence-electron chi connectivity index (χ1n) is 7.14. The fourth-order valence-corrected chi connectivity index (χ4v) is 2.43. The minimum Gasteiger partial charge on any atom is -0.351 e. The minimum atomic E-state index is 0.669. The fraction of sp³-hybridized carbons (Fsp3) is 0.467. The van der Waals surface area contributed by atoms with E-state index in [0.29, 0.717) is 11.6 Å². The van der Waals surface area contributed by atoms with Crippen LogP contribution in [0.3, 0.4) is 0 Å². The van der Waals surface area contributed by atoms with Gasteiger partial charge in [-0.25, -0.2) is 9.97 Å². The summed E-state index contributed by atoms with van der Waals surface area (Å²) >= 11 is 6.36. The predicted molar refractivity (Wildman–Crippen MR) is 86.6 cm³/mol. The van der Waals surface area contributed by atoms with E-state index < -0.39 is 0 Å². The predicted octanol–water partition coefficient (Wildman–Crippen LogP) is 2.60. The highest BCUT2D eigenvalue weighted by molar-refractivity contribution is 6.33. The van der Waals surface area contributed by atoms with Gasteiger partial charge < -0.3 is 14.8 Å². The van der Waals surface area contributed by atoms with Gasteiger partial charge in [-0.2, -0.15) is 0 Å². The van der Waals surface area contributed by atoms with Crippen molar-refractivity contribution in [3.63, 3.8) is 0 Å². The second-order valence-corrected chi connectivity index (χ2v) is 5.54. The molecule has 2 rings (SSSR count). The number of aromatic nitrogens is 3. The van der Waals surface area contributed by atoms with E-state index in [1.54, 1.807) is 6.20 Å². The van der Waals surface area contributed by atoms with Crippen LogP contribution in [0.25, 0.3) is 0 Å². The lowest BCUT2D eigenvalue weighted by Gasteiger charge is -2.19. The lowest BCUT2D eigenvalue weighted by molar-refractivity contribution is 0.673. The van der Waals surface area contributed by atoms with Crippen molar-refractivity contribution in [1.29, 1.82) is 0 Å². The van der Waals surface area contributed by atoms with Gasteiger partial charge in [0, 0.05) is 39.2 Å². The standard InChI is InChI=1S/C15H22ClN5/c1-4-5-17-9-12-8-13(16)15(19-10-12)21(3)11-14-18-6-7-20(14)2/h6-8,10,17H,4-5,9,11H2,1-3H3. The summed E-state index contributed by atoms with van der Waals surface area (Å²) in [5, 5.41) is 4.01. The molecule has 0 saturated heterocycles. The molecular weight excluding hydrogens is 286 g/mol. The second kappa shape index (κ2) is 7.43. The third-order valence-electron chi connectivity index (χ3n) is 3.30. The Labute approximate surface area is 131 Å². The van der Waals surface area contributed by atoms with Crippen LogP contribution in [0.15, 0.2) is 24.7 Å². The normalized spacial score (nSPS) is 10.9. The molecule has 0 aliphatic heterocycles. The highest BCUT2D eigenvalue weighted by atomic mass is 35.5. The molecular formula is C15H22ClN5. The van der Waals surface area contributed by atoms with Crippen LogP contribution >= 0.6 is 11.6 Å². The maximum absolute atomic E-state index is 6.36. The summed E-state index contributed by atoms with van der Waals surface area (Å²) < 4.78 is 1.99. The van der Waals surface area contributed by atoms with E-state index in [9.17, 15) is 0 Å². The minimum absolute atomic E-state index is 0.669. The van der Waals surface area contributed by atoms with Gasteiger partial charge >= 0.3 is 0 Å². The van der Waals surface area contributed by atoms with Gasteiger partial charge in [-0.15, -0.1) is 0 Å². The van der Waals surface area contributed by atoms with Gasteiger partial charge in [0.05, 0.1) is 11.6 Å². The maximum atomic E-state index is 6.36. The highest BCUT2D eigenvalue weighted by Crippen LogP contribution is 2.24. The molecule has 5 nitrogen and oxygen atoms in total. The van der Waals surface area contributed by atoms with Crippen LogP contribution in [0.5, 0.6) is 0 Å². The van der Waals surface area contributed by atoms with E-state index in [4.69, 9.17) is 11.6 Å². The highest BCUT2D eigenvalue weighted by Gasteiger charge is 2.11. The molecule has 0 fully saturated rings. The molecule has 0 aliphatic rings. The first kappa shape index (κ1) is 15.8. The molecule has 0 unspecified atom stereocenters. The van der Waals surface area contributed by atoms with Gasteiger partial charge in [0.25, 0.3) is 0 Å². The van der Waals surface area contributed by atoms with E-state index in [1.165, 1.54) is 0 Å². The Morgan fingerprint density at radius 1 is 1.38 bits per heavy atom. The van der Waals surface area contributed by atoms with Crippen LogP contribution < -0.4 is 10.2 Å². The third-order valence-corrected chi connectivity index (χ3v) is 3.57. The zero-order valence-electron chi connectivity index (χ0n) is 12.8. The van der Waals surface area contributed by atoms with Crippen LogP contribution in [0.1, 0.15) is 24.7 Å². The maximum Gasteiger partial charge on any atom is 0.147 e. The van der Waals surface area contributed by atoms with Crippen molar-refractivity contribution in [3.8, 4) is 0 Å². The number of pyridine rings is 1. The Bertz CT molecular complexity index is 581. The number of hydrogen-bond acceptors (Lipinski definition) is 4. The number of imidazole rings is 1. The molecule has 2 aromatic heterocycles. The molecule has 0 bridgehead atoms. The molecule has 0 spiro atoms. The molecule has 6 heteroatoms. The Morgan fingerprint density at radius 3 is 2.81 bits per heavy atom. The van der Waals surface area contributed by atoms with E-state index in [1.807, 2.05) is 42.0 Å². The van der Waals surface area contributed by atoms with Crippen molar-refractivity contribution in [3.05, 3.63) is 41.1 Å². The Balaban J connectivity index is 2.04. The number of hydrogen-bond donors (Lipinski definition) is 1. The van der Waals surface area contributed by atoms with Gasteiger partial charge in [-0.05, 0) is 24.6 Å². The monoisotopic (exact) mass is 307 g/mol. The average molecular weight is 308 g/mol. The van der Waals surface area contributed by atoms with E-state index in [0.717, 1.165) is 36.7 Å². The van der Waals surface area contributed by atoms with E-state index in [-0.39, 0.29) is 0 Å². The summed E-state index contributed by atoms with van der Waals surface area (Å²) in [6.07, 6.45) is 6.71. The lowest BCUT2D eigenvalue weighted by atomic mass is 10.2. The van der Waals surface area contributed by atoms with Crippen molar-refractivity contribution >= 4 is 17.4 Å². The lowest BCUT2D eigenvalue weighted by Crippen LogP contribution is -2.21. The summed E-state index contributed by atoms with van der Waals surface area (Å²) in [6.45, 7) is 4.61. The quantitative estimate of drug-likeness (QED) is 0.799. The van der Waals surface area contributed by atoms with E-state index >= 15 is 0 Å². The smallest absolute Gasteiger partial charge is 0.147 e. The van der Waals surface area contributed by atoms with Crippen molar-refractivity contribution < 1.29 is 0 Å². The van der Waals surface area contributed by atoms with Crippen LogP contribution in [0.4, 0.5) is 5.82 Å². The molecule has 0 saturated carbocycles. The first-order valence-corrected chi connectivity index (χ1v) is 7.52. The topological polar surface area (TPSA) is 46.0 Å². The molecule has 1 N–H and O–H groups in total. The number of aryl methyl sites for hydroxylation is 1. The summed E-state index contributed by atoms with van der Waals surface area (Å²) in [5.41, 5.74) is 1.10.